The van der Waals surface area contributed by atoms with Crippen molar-refractivity contribution in [3.05, 3.63) is 24.3 Å². The minimum absolute atomic E-state index is 0.921. The number of nitrogens with zero attached hydrogens (tertiary/aromatic N) is 1. The second-order valence-electron chi connectivity index (χ2n) is 5.75. The van der Waals surface area contributed by atoms with Crippen molar-refractivity contribution in [1.29, 1.82) is 0 Å². The Bertz CT molecular complexity index is 382. The molecule has 0 saturated heterocycles. The second-order valence-corrected chi connectivity index (χ2v) is 5.75. The molecular formula is C16H24N2. The first-order valence-electron chi connectivity index (χ1n) is 7.51. The summed E-state index contributed by atoms with van der Waals surface area (Å²) >= 11 is 0. The second kappa shape index (κ2) is 5.64. The first kappa shape index (κ1) is 11.9. The van der Waals surface area contributed by atoms with Crippen LogP contribution in [0.1, 0.15) is 38.5 Å². The summed E-state index contributed by atoms with van der Waals surface area (Å²) in [7, 11) is 0. The van der Waals surface area contributed by atoms with Crippen molar-refractivity contribution in [3.63, 3.8) is 0 Å². The molecule has 0 atom stereocenters. The highest BCUT2D eigenvalue weighted by Gasteiger charge is 2.20. The van der Waals surface area contributed by atoms with Crippen molar-refractivity contribution in [3.8, 4) is 0 Å². The van der Waals surface area contributed by atoms with E-state index in [1.54, 1.807) is 0 Å². The average molecular weight is 244 g/mol. The van der Waals surface area contributed by atoms with Crippen LogP contribution < -0.4 is 10.2 Å². The van der Waals surface area contributed by atoms with Crippen molar-refractivity contribution in [2.75, 3.05) is 29.9 Å². The van der Waals surface area contributed by atoms with Crippen LogP contribution in [0.15, 0.2) is 24.3 Å². The van der Waals surface area contributed by atoms with Crippen LogP contribution in [0.4, 0.5) is 11.4 Å². The van der Waals surface area contributed by atoms with Gasteiger partial charge in [0.15, 0.2) is 0 Å². The summed E-state index contributed by atoms with van der Waals surface area (Å²) in [4.78, 5) is 2.62. The van der Waals surface area contributed by atoms with Gasteiger partial charge in [-0.3, -0.25) is 0 Å². The van der Waals surface area contributed by atoms with Gasteiger partial charge in [-0.1, -0.05) is 31.4 Å². The molecule has 2 heteroatoms. The quantitative estimate of drug-likeness (QED) is 0.849. The Labute approximate surface area is 110 Å². The van der Waals surface area contributed by atoms with Crippen molar-refractivity contribution >= 4 is 11.4 Å². The lowest BCUT2D eigenvalue weighted by Crippen LogP contribution is -2.31. The first-order chi connectivity index (χ1) is 8.93. The maximum Gasteiger partial charge on any atom is 0.0602 e. The van der Waals surface area contributed by atoms with E-state index in [1.165, 1.54) is 63.0 Å². The van der Waals surface area contributed by atoms with Crippen LogP contribution in [0.3, 0.4) is 0 Å². The molecule has 1 aromatic rings. The smallest absolute Gasteiger partial charge is 0.0602 e. The molecule has 0 radical (unpaired) electrons. The molecule has 1 aliphatic carbocycles. The molecule has 0 unspecified atom stereocenters. The summed E-state index contributed by atoms with van der Waals surface area (Å²) in [5, 5.41) is 3.55. The highest BCUT2D eigenvalue weighted by Crippen LogP contribution is 2.31. The minimum atomic E-state index is 0.921. The Morgan fingerprint density at radius 2 is 1.89 bits per heavy atom. The molecule has 1 saturated carbocycles. The number of hydrogen-bond donors (Lipinski definition) is 1. The average Bonchev–Trinajstić information content (AvgIpc) is 2.63. The van der Waals surface area contributed by atoms with Crippen LogP contribution >= 0.6 is 0 Å². The zero-order valence-electron chi connectivity index (χ0n) is 11.2. The van der Waals surface area contributed by atoms with Gasteiger partial charge in [0.05, 0.1) is 11.4 Å². The maximum atomic E-state index is 3.55. The van der Waals surface area contributed by atoms with Crippen molar-refractivity contribution < 1.29 is 0 Å². The summed E-state index contributed by atoms with van der Waals surface area (Å²) in [5.41, 5.74) is 2.74. The number of para-hydroxylation sites is 2. The third-order valence-corrected chi connectivity index (χ3v) is 4.37. The molecule has 2 aliphatic rings. The topological polar surface area (TPSA) is 15.3 Å². The highest BCUT2D eigenvalue weighted by molar-refractivity contribution is 5.70. The van der Waals surface area contributed by atoms with Gasteiger partial charge in [-0.25, -0.2) is 0 Å². The molecule has 1 fully saturated rings. The van der Waals surface area contributed by atoms with Gasteiger partial charge in [-0.05, 0) is 37.3 Å². The Hall–Kier alpha value is -1.18. The molecule has 3 rings (SSSR count). The van der Waals surface area contributed by atoms with Gasteiger partial charge < -0.3 is 10.2 Å². The number of rotatable bonds is 2. The summed E-state index contributed by atoms with van der Waals surface area (Å²) in [6.45, 7) is 3.58. The predicted molar refractivity (Wildman–Crippen MR) is 78.3 cm³/mol. The maximum absolute atomic E-state index is 3.55. The Morgan fingerprint density at radius 1 is 1.06 bits per heavy atom. The number of hydrogen-bond acceptors (Lipinski definition) is 2. The third-order valence-electron chi connectivity index (χ3n) is 4.37. The van der Waals surface area contributed by atoms with Gasteiger partial charge >= 0.3 is 0 Å². The lowest BCUT2D eigenvalue weighted by atomic mass is 9.89. The van der Waals surface area contributed by atoms with E-state index in [-0.39, 0.29) is 0 Å². The van der Waals surface area contributed by atoms with Gasteiger partial charge in [0, 0.05) is 19.6 Å². The minimum Gasteiger partial charge on any atom is -0.383 e. The molecular weight excluding hydrogens is 220 g/mol. The molecule has 0 aromatic heterocycles. The number of fused-ring (bicyclic) bond motifs is 1. The van der Waals surface area contributed by atoms with E-state index >= 15 is 0 Å². The number of nitrogens with one attached hydrogen (secondary N) is 1. The van der Waals surface area contributed by atoms with Crippen molar-refractivity contribution in [1.82, 2.24) is 0 Å². The zero-order chi connectivity index (χ0) is 12.2. The largest absolute Gasteiger partial charge is 0.383 e. The Kier molecular flexibility index (Phi) is 3.72. The van der Waals surface area contributed by atoms with E-state index in [9.17, 15) is 0 Å². The fraction of sp³-hybridized carbons (Fsp3) is 0.625. The van der Waals surface area contributed by atoms with Gasteiger partial charge in [0.2, 0.25) is 0 Å². The standard InChI is InChI=1S/C16H24N2/c1-2-7-14(8-3-1)13-18-12-6-11-17-15-9-4-5-10-16(15)18/h4-5,9-10,14,17H,1-3,6-8,11-13H2. The normalized spacial score (nSPS) is 21.0. The number of benzene rings is 1. The summed E-state index contributed by atoms with van der Waals surface area (Å²) in [6, 6.07) is 8.79. The van der Waals surface area contributed by atoms with Crippen LogP contribution in [-0.4, -0.2) is 19.6 Å². The van der Waals surface area contributed by atoms with E-state index < -0.39 is 0 Å². The fourth-order valence-electron chi connectivity index (χ4n) is 3.38. The zero-order valence-corrected chi connectivity index (χ0v) is 11.2. The molecule has 1 N–H and O–H groups in total. The molecule has 2 nitrogen and oxygen atoms in total. The molecule has 1 aromatic carbocycles. The Morgan fingerprint density at radius 3 is 2.78 bits per heavy atom. The van der Waals surface area contributed by atoms with Crippen LogP contribution in [0, 0.1) is 5.92 Å². The first-order valence-corrected chi connectivity index (χ1v) is 7.51. The van der Waals surface area contributed by atoms with E-state index in [0.29, 0.717) is 0 Å². The lowest BCUT2D eigenvalue weighted by Gasteiger charge is -2.31. The molecule has 98 valence electrons. The van der Waals surface area contributed by atoms with E-state index in [2.05, 4.69) is 34.5 Å². The van der Waals surface area contributed by atoms with E-state index in [1.807, 2.05) is 0 Å². The monoisotopic (exact) mass is 244 g/mol. The molecule has 0 bridgehead atoms. The van der Waals surface area contributed by atoms with Crippen LogP contribution in [-0.2, 0) is 0 Å². The van der Waals surface area contributed by atoms with Crippen LogP contribution in [0.5, 0.6) is 0 Å². The summed E-state index contributed by atoms with van der Waals surface area (Å²) < 4.78 is 0. The fourth-order valence-corrected chi connectivity index (χ4v) is 3.38. The molecule has 0 spiro atoms. The van der Waals surface area contributed by atoms with Gasteiger partial charge in [-0.2, -0.15) is 0 Å². The third kappa shape index (κ3) is 2.63. The lowest BCUT2D eigenvalue weighted by molar-refractivity contribution is 0.358. The van der Waals surface area contributed by atoms with Crippen LogP contribution in [0.2, 0.25) is 0 Å². The molecule has 18 heavy (non-hydrogen) atoms. The Balaban J connectivity index is 1.74. The summed E-state index contributed by atoms with van der Waals surface area (Å²) in [6.07, 6.45) is 8.46. The molecule has 1 aliphatic heterocycles. The SMILES string of the molecule is c1ccc2c(c1)NCCCN2CC1CCCCC1. The van der Waals surface area contributed by atoms with E-state index in [4.69, 9.17) is 0 Å². The highest BCUT2D eigenvalue weighted by atomic mass is 15.2. The van der Waals surface area contributed by atoms with Crippen LogP contribution in [0.25, 0.3) is 0 Å². The van der Waals surface area contributed by atoms with Crippen molar-refractivity contribution in [2.24, 2.45) is 5.92 Å². The molecule has 0 amide bonds. The van der Waals surface area contributed by atoms with E-state index in [0.717, 1.165) is 12.5 Å². The summed E-state index contributed by atoms with van der Waals surface area (Å²) in [5.74, 6) is 0.921. The number of anilines is 2. The van der Waals surface area contributed by atoms with Gasteiger partial charge in [-0.15, -0.1) is 0 Å². The molecule has 1 heterocycles. The predicted octanol–water partition coefficient (Wildman–Crippen LogP) is 3.89. The van der Waals surface area contributed by atoms with Gasteiger partial charge in [0.25, 0.3) is 0 Å². The van der Waals surface area contributed by atoms with Gasteiger partial charge in [0.1, 0.15) is 0 Å². The van der Waals surface area contributed by atoms with Crippen molar-refractivity contribution in [2.45, 2.75) is 38.5 Å².